The fourth-order valence-electron chi connectivity index (χ4n) is 3.54. The van der Waals surface area contributed by atoms with Crippen molar-refractivity contribution in [3.05, 3.63) is 29.8 Å². The van der Waals surface area contributed by atoms with Crippen molar-refractivity contribution in [2.45, 2.75) is 47.2 Å². The number of rotatable bonds is 2. The number of sulfonamides is 1. The number of β-amino-alcohol motifs (C(OH)–C–C–N with tert-alkyl or cyclic N) is 1. The van der Waals surface area contributed by atoms with Gasteiger partial charge in [0, 0.05) is 22.4 Å². The number of aliphatic hydroxyl groups excluding tert-OH is 1. The number of nitrogens with zero attached hydrogens (tertiary/aromatic N) is 1. The van der Waals surface area contributed by atoms with E-state index in [-0.39, 0.29) is 18.5 Å². The molecule has 2 aliphatic rings. The Morgan fingerprint density at radius 2 is 1.90 bits per heavy atom. The summed E-state index contributed by atoms with van der Waals surface area (Å²) in [5.41, 5.74) is 1.04. The normalized spacial score (nSPS) is 33.9. The Bertz CT molecular complexity index is 616. The Morgan fingerprint density at radius 3 is 2.57 bits per heavy atom. The first-order valence-corrected chi connectivity index (χ1v) is 10.0. The molecule has 1 aromatic carbocycles. The zero-order chi connectivity index (χ0) is 15.2. The van der Waals surface area contributed by atoms with Crippen molar-refractivity contribution in [1.82, 2.24) is 4.31 Å². The van der Waals surface area contributed by atoms with E-state index >= 15 is 0 Å². The van der Waals surface area contributed by atoms with Crippen molar-refractivity contribution in [3.63, 3.8) is 0 Å². The minimum absolute atomic E-state index is 0.0537. The monoisotopic (exact) mass is 421 g/mol. The molecule has 0 bridgehead atoms. The molecule has 0 spiro atoms. The van der Waals surface area contributed by atoms with Crippen LogP contribution in [0.2, 0.25) is 0 Å². The van der Waals surface area contributed by atoms with Gasteiger partial charge in [-0.1, -0.05) is 46.7 Å². The van der Waals surface area contributed by atoms with Gasteiger partial charge in [-0.2, -0.15) is 4.31 Å². The topological polar surface area (TPSA) is 57.6 Å². The molecule has 116 valence electrons. The Kier molecular flexibility index (Phi) is 4.33. The van der Waals surface area contributed by atoms with Crippen LogP contribution in [0.4, 0.5) is 0 Å². The molecule has 1 unspecified atom stereocenters. The number of alkyl halides is 1. The van der Waals surface area contributed by atoms with Crippen molar-refractivity contribution in [2.75, 3.05) is 6.54 Å². The van der Waals surface area contributed by atoms with Gasteiger partial charge in [0.2, 0.25) is 10.0 Å². The van der Waals surface area contributed by atoms with Gasteiger partial charge < -0.3 is 5.11 Å². The molecule has 2 fully saturated rings. The van der Waals surface area contributed by atoms with Crippen LogP contribution < -0.4 is 0 Å². The fourth-order valence-corrected chi connectivity index (χ4v) is 6.65. The summed E-state index contributed by atoms with van der Waals surface area (Å²) in [6, 6.07) is 6.91. The van der Waals surface area contributed by atoms with E-state index in [4.69, 9.17) is 0 Å². The van der Waals surface area contributed by atoms with Crippen molar-refractivity contribution in [1.29, 1.82) is 0 Å². The van der Waals surface area contributed by atoms with Crippen LogP contribution in [-0.2, 0) is 10.0 Å². The molecule has 21 heavy (non-hydrogen) atoms. The van der Waals surface area contributed by atoms with E-state index in [1.165, 1.54) is 4.31 Å². The van der Waals surface area contributed by atoms with Gasteiger partial charge in [-0.15, -0.1) is 0 Å². The van der Waals surface area contributed by atoms with Crippen LogP contribution in [0.15, 0.2) is 29.2 Å². The summed E-state index contributed by atoms with van der Waals surface area (Å²) < 4.78 is 27.6. The quantitative estimate of drug-likeness (QED) is 0.589. The Morgan fingerprint density at radius 1 is 1.24 bits per heavy atom. The maximum Gasteiger partial charge on any atom is 0.243 e. The number of hydrogen-bond acceptors (Lipinski definition) is 3. The third-order valence-electron chi connectivity index (χ3n) is 4.65. The van der Waals surface area contributed by atoms with Gasteiger partial charge in [-0.3, -0.25) is 0 Å². The van der Waals surface area contributed by atoms with Gasteiger partial charge in [0.15, 0.2) is 0 Å². The van der Waals surface area contributed by atoms with E-state index in [1.54, 1.807) is 12.1 Å². The zero-order valence-corrected chi connectivity index (χ0v) is 14.9. The number of hydrogen-bond donors (Lipinski definition) is 1. The first kappa shape index (κ1) is 15.7. The summed E-state index contributed by atoms with van der Waals surface area (Å²) in [4.78, 5) is 0.330. The van der Waals surface area contributed by atoms with E-state index in [9.17, 15) is 13.5 Å². The highest BCUT2D eigenvalue weighted by molar-refractivity contribution is 14.1. The number of aryl methyl sites for hydroxylation is 1. The molecule has 0 aromatic heterocycles. The van der Waals surface area contributed by atoms with Crippen LogP contribution in [0.5, 0.6) is 0 Å². The second-order valence-corrected chi connectivity index (χ2v) is 9.54. The molecule has 1 aliphatic carbocycles. The molecule has 4 atom stereocenters. The van der Waals surface area contributed by atoms with E-state index in [0.29, 0.717) is 8.82 Å². The van der Waals surface area contributed by atoms with E-state index in [1.807, 2.05) is 19.1 Å². The van der Waals surface area contributed by atoms with Crippen LogP contribution in [0.3, 0.4) is 0 Å². The van der Waals surface area contributed by atoms with Crippen molar-refractivity contribution < 1.29 is 13.5 Å². The van der Waals surface area contributed by atoms with Crippen LogP contribution in [0, 0.1) is 12.8 Å². The highest BCUT2D eigenvalue weighted by Crippen LogP contribution is 2.42. The van der Waals surface area contributed by atoms with Gasteiger partial charge in [0.05, 0.1) is 11.0 Å². The lowest BCUT2D eigenvalue weighted by Gasteiger charge is -2.34. The SMILES string of the molecule is Cc1ccc(S(=O)(=O)N2CC(O)[C@@H]3[C@@H](I)CCC[C@@H]32)cc1. The van der Waals surface area contributed by atoms with Gasteiger partial charge in [-0.05, 0) is 31.9 Å². The number of fused-ring (bicyclic) bond motifs is 1. The fraction of sp³-hybridized carbons (Fsp3) is 0.600. The summed E-state index contributed by atoms with van der Waals surface area (Å²) >= 11 is 2.36. The zero-order valence-electron chi connectivity index (χ0n) is 11.9. The predicted octanol–water partition coefficient (Wildman–Crippen LogP) is 2.33. The van der Waals surface area contributed by atoms with Gasteiger partial charge >= 0.3 is 0 Å². The van der Waals surface area contributed by atoms with Gasteiger partial charge in [0.1, 0.15) is 0 Å². The smallest absolute Gasteiger partial charge is 0.243 e. The van der Waals surface area contributed by atoms with Crippen molar-refractivity contribution >= 4 is 32.6 Å². The molecule has 3 rings (SSSR count). The van der Waals surface area contributed by atoms with Crippen LogP contribution >= 0.6 is 22.6 Å². The molecular weight excluding hydrogens is 401 g/mol. The number of aliphatic hydroxyl groups is 1. The van der Waals surface area contributed by atoms with Gasteiger partial charge in [0.25, 0.3) is 0 Å². The third kappa shape index (κ3) is 2.75. The first-order chi connectivity index (χ1) is 9.91. The van der Waals surface area contributed by atoms with Crippen molar-refractivity contribution in [3.8, 4) is 0 Å². The molecule has 1 aromatic rings. The molecule has 1 N–H and O–H groups in total. The molecule has 1 aliphatic heterocycles. The second kappa shape index (κ2) is 5.79. The molecule has 1 heterocycles. The van der Waals surface area contributed by atoms with E-state index < -0.39 is 16.1 Å². The average Bonchev–Trinajstić information content (AvgIpc) is 2.79. The first-order valence-electron chi connectivity index (χ1n) is 7.32. The lowest BCUT2D eigenvalue weighted by molar-refractivity contribution is 0.127. The summed E-state index contributed by atoms with van der Waals surface area (Å²) in [7, 11) is -3.51. The standard InChI is InChI=1S/C15H20INO3S/c1-10-5-7-11(8-6-10)21(19,20)17-9-14(18)15-12(16)3-2-4-13(15)17/h5-8,12-15,18H,2-4,9H2,1H3/t12-,13-,14?,15+/m0/s1. The van der Waals surface area contributed by atoms with Crippen LogP contribution in [-0.4, -0.2) is 40.4 Å². The Labute approximate surface area is 139 Å². The largest absolute Gasteiger partial charge is 0.391 e. The number of halogens is 1. The Hall–Kier alpha value is -0.180. The molecule has 0 radical (unpaired) electrons. The molecule has 4 nitrogen and oxygen atoms in total. The molecule has 1 saturated carbocycles. The van der Waals surface area contributed by atoms with E-state index in [2.05, 4.69) is 22.6 Å². The minimum atomic E-state index is -3.51. The summed E-state index contributed by atoms with van der Waals surface area (Å²) in [5, 5.41) is 10.3. The lowest BCUT2D eigenvalue weighted by Crippen LogP contribution is -2.42. The van der Waals surface area contributed by atoms with E-state index in [0.717, 1.165) is 24.8 Å². The Balaban J connectivity index is 1.94. The van der Waals surface area contributed by atoms with Crippen molar-refractivity contribution in [2.24, 2.45) is 5.92 Å². The minimum Gasteiger partial charge on any atom is -0.391 e. The molecular formula is C15H20INO3S. The maximum absolute atomic E-state index is 12.9. The highest BCUT2D eigenvalue weighted by atomic mass is 127. The van der Waals surface area contributed by atoms with Crippen LogP contribution in [0.1, 0.15) is 24.8 Å². The maximum atomic E-state index is 12.9. The summed E-state index contributed by atoms with van der Waals surface area (Å²) in [6.07, 6.45) is 2.41. The third-order valence-corrected chi connectivity index (χ3v) is 8.01. The predicted molar refractivity (Wildman–Crippen MR) is 90.0 cm³/mol. The summed E-state index contributed by atoms with van der Waals surface area (Å²) in [6.45, 7) is 2.17. The second-order valence-electron chi connectivity index (χ2n) is 6.05. The van der Waals surface area contributed by atoms with Gasteiger partial charge in [-0.25, -0.2) is 8.42 Å². The molecule has 1 saturated heterocycles. The summed E-state index contributed by atoms with van der Waals surface area (Å²) in [5.74, 6) is 0.0690. The molecule has 6 heteroatoms. The molecule has 0 amide bonds. The average molecular weight is 421 g/mol. The van der Waals surface area contributed by atoms with Crippen LogP contribution in [0.25, 0.3) is 0 Å². The highest BCUT2D eigenvalue weighted by Gasteiger charge is 2.50. The number of benzene rings is 1. The lowest BCUT2D eigenvalue weighted by atomic mass is 9.84.